The van der Waals surface area contributed by atoms with Gasteiger partial charge in [0.1, 0.15) is 5.75 Å². The molecule has 1 aromatic carbocycles. The molecule has 0 unspecified atom stereocenters. The van der Waals surface area contributed by atoms with Crippen molar-refractivity contribution >= 4 is 37.6 Å². The van der Waals surface area contributed by atoms with E-state index in [-0.39, 0.29) is 12.3 Å². The smallest absolute Gasteiger partial charge is 0.214 e. The molecule has 0 spiro atoms. The molecular formula is C13H19BrClNO3S. The summed E-state index contributed by atoms with van der Waals surface area (Å²) < 4.78 is 31.7. The number of unbranched alkanes of at least 4 members (excludes halogenated alkanes) is 1. The van der Waals surface area contributed by atoms with Gasteiger partial charge in [0.05, 0.1) is 12.9 Å². The number of alkyl halides is 1. The van der Waals surface area contributed by atoms with Gasteiger partial charge in [-0.25, -0.2) is 12.7 Å². The Morgan fingerprint density at radius 2 is 2.05 bits per heavy atom. The van der Waals surface area contributed by atoms with Crippen molar-refractivity contribution in [3.63, 3.8) is 0 Å². The fourth-order valence-electron chi connectivity index (χ4n) is 1.74. The number of ether oxygens (including phenoxy) is 1. The summed E-state index contributed by atoms with van der Waals surface area (Å²) in [5.41, 5.74) is 0.824. The molecule has 0 atom stereocenters. The number of halogens is 2. The van der Waals surface area contributed by atoms with E-state index in [0.29, 0.717) is 24.5 Å². The van der Waals surface area contributed by atoms with Crippen LogP contribution >= 0.6 is 27.5 Å². The zero-order valence-electron chi connectivity index (χ0n) is 11.6. The second-order valence-corrected chi connectivity index (χ2v) is 7.91. The third-order valence-corrected chi connectivity index (χ3v) is 5.54. The number of sulfonamides is 1. The highest BCUT2D eigenvalue weighted by atomic mass is 79.9. The van der Waals surface area contributed by atoms with Crippen LogP contribution in [-0.4, -0.2) is 38.5 Å². The largest absolute Gasteiger partial charge is 0.496 e. The molecule has 0 bridgehead atoms. The quantitative estimate of drug-likeness (QED) is 0.510. The van der Waals surface area contributed by atoms with Gasteiger partial charge in [-0.2, -0.15) is 0 Å². The van der Waals surface area contributed by atoms with Gasteiger partial charge in [0.25, 0.3) is 0 Å². The van der Waals surface area contributed by atoms with Crippen LogP contribution in [0.5, 0.6) is 5.75 Å². The summed E-state index contributed by atoms with van der Waals surface area (Å²) >= 11 is 8.95. The maximum Gasteiger partial charge on any atom is 0.214 e. The molecule has 4 nitrogen and oxygen atoms in total. The number of nitrogens with zero attached hydrogens (tertiary/aromatic N) is 1. The van der Waals surface area contributed by atoms with Crippen molar-refractivity contribution in [2.45, 2.75) is 19.4 Å². The summed E-state index contributed by atoms with van der Waals surface area (Å²) in [7, 11) is -0.114. The first-order valence-electron chi connectivity index (χ1n) is 6.23. The van der Waals surface area contributed by atoms with Gasteiger partial charge in [-0.05, 0) is 31.0 Å². The molecule has 0 heterocycles. The van der Waals surface area contributed by atoms with Crippen molar-refractivity contribution in [3.8, 4) is 5.75 Å². The first-order valence-corrected chi connectivity index (χ1v) is 9.16. The van der Waals surface area contributed by atoms with E-state index in [1.54, 1.807) is 14.2 Å². The summed E-state index contributed by atoms with van der Waals surface area (Å²) in [5.74, 6) is 1.28. The van der Waals surface area contributed by atoms with Gasteiger partial charge in [0.15, 0.2) is 0 Å². The summed E-state index contributed by atoms with van der Waals surface area (Å²) in [6, 6.07) is 5.54. The summed E-state index contributed by atoms with van der Waals surface area (Å²) in [5, 5.41) is 0. The third-order valence-electron chi connectivity index (χ3n) is 2.90. The molecule has 0 saturated heterocycles. The zero-order chi connectivity index (χ0) is 15.2. The molecule has 0 radical (unpaired) electrons. The fourth-order valence-corrected chi connectivity index (χ4v) is 3.56. The molecule has 114 valence electrons. The topological polar surface area (TPSA) is 46.6 Å². The normalized spacial score (nSPS) is 11.8. The fraction of sp³-hybridized carbons (Fsp3) is 0.538. The maximum atomic E-state index is 12.1. The van der Waals surface area contributed by atoms with E-state index in [0.717, 1.165) is 10.0 Å². The Bertz CT molecular complexity index is 536. The van der Waals surface area contributed by atoms with Crippen molar-refractivity contribution in [2.75, 3.05) is 25.8 Å². The highest BCUT2D eigenvalue weighted by Gasteiger charge is 2.19. The van der Waals surface area contributed by atoms with Crippen LogP contribution < -0.4 is 4.74 Å². The number of hydrogen-bond acceptors (Lipinski definition) is 3. The van der Waals surface area contributed by atoms with Gasteiger partial charge >= 0.3 is 0 Å². The van der Waals surface area contributed by atoms with E-state index >= 15 is 0 Å². The van der Waals surface area contributed by atoms with Gasteiger partial charge in [0, 0.05) is 29.5 Å². The predicted molar refractivity (Wildman–Crippen MR) is 85.9 cm³/mol. The SMILES string of the molecule is COc1ccc(Br)cc1CN(C)S(=O)(=O)CCCCCl. The molecule has 0 aromatic heterocycles. The minimum Gasteiger partial charge on any atom is -0.496 e. The second kappa shape index (κ2) is 8.22. The van der Waals surface area contributed by atoms with Gasteiger partial charge in [-0.1, -0.05) is 15.9 Å². The Balaban J connectivity index is 2.79. The van der Waals surface area contributed by atoms with Crippen LogP contribution in [-0.2, 0) is 16.6 Å². The maximum absolute atomic E-state index is 12.1. The lowest BCUT2D eigenvalue weighted by Crippen LogP contribution is -2.29. The average molecular weight is 385 g/mol. The lowest BCUT2D eigenvalue weighted by Gasteiger charge is -2.18. The molecule has 1 rings (SSSR count). The van der Waals surface area contributed by atoms with E-state index in [1.807, 2.05) is 18.2 Å². The van der Waals surface area contributed by atoms with Crippen LogP contribution in [0.1, 0.15) is 18.4 Å². The van der Waals surface area contributed by atoms with Gasteiger partial charge in [0.2, 0.25) is 10.0 Å². The number of hydrogen-bond donors (Lipinski definition) is 0. The minimum absolute atomic E-state index is 0.118. The first-order chi connectivity index (χ1) is 9.40. The van der Waals surface area contributed by atoms with Crippen molar-refractivity contribution in [1.82, 2.24) is 4.31 Å². The zero-order valence-corrected chi connectivity index (χ0v) is 14.8. The minimum atomic E-state index is -3.26. The lowest BCUT2D eigenvalue weighted by atomic mass is 10.2. The monoisotopic (exact) mass is 383 g/mol. The number of benzene rings is 1. The predicted octanol–water partition coefficient (Wildman–Crippen LogP) is 3.24. The van der Waals surface area contributed by atoms with Gasteiger partial charge in [-0.15, -0.1) is 11.6 Å². The van der Waals surface area contributed by atoms with Gasteiger partial charge < -0.3 is 4.74 Å². The van der Waals surface area contributed by atoms with E-state index in [4.69, 9.17) is 16.3 Å². The molecule has 7 heteroatoms. The molecule has 20 heavy (non-hydrogen) atoms. The summed E-state index contributed by atoms with van der Waals surface area (Å²) in [6.45, 7) is 0.284. The lowest BCUT2D eigenvalue weighted by molar-refractivity contribution is 0.397. The van der Waals surface area contributed by atoms with Crippen molar-refractivity contribution in [3.05, 3.63) is 28.2 Å². The van der Waals surface area contributed by atoms with E-state index < -0.39 is 10.0 Å². The Hall–Kier alpha value is -0.300. The highest BCUT2D eigenvalue weighted by molar-refractivity contribution is 9.10. The van der Waals surface area contributed by atoms with Gasteiger partial charge in [-0.3, -0.25) is 0 Å². The Labute approximate surface area is 134 Å². The molecule has 0 fully saturated rings. The van der Waals surface area contributed by atoms with E-state index in [9.17, 15) is 8.42 Å². The third kappa shape index (κ3) is 5.24. The highest BCUT2D eigenvalue weighted by Crippen LogP contribution is 2.24. The van der Waals surface area contributed by atoms with E-state index in [2.05, 4.69) is 15.9 Å². The number of rotatable bonds is 8. The van der Waals surface area contributed by atoms with Crippen LogP contribution in [0.4, 0.5) is 0 Å². The standard InChI is InChI=1S/C13H19BrClNO3S/c1-16(20(17,18)8-4-3-7-15)10-11-9-12(14)5-6-13(11)19-2/h5-6,9H,3-4,7-8,10H2,1-2H3. The average Bonchev–Trinajstić information content (AvgIpc) is 2.39. The van der Waals surface area contributed by atoms with Crippen LogP contribution in [0.15, 0.2) is 22.7 Å². The molecule has 1 aromatic rings. The molecular weight excluding hydrogens is 366 g/mol. The summed E-state index contributed by atoms with van der Waals surface area (Å²) in [4.78, 5) is 0. The van der Waals surface area contributed by atoms with Crippen LogP contribution in [0.2, 0.25) is 0 Å². The molecule has 0 N–H and O–H groups in total. The van der Waals surface area contributed by atoms with Crippen LogP contribution in [0.25, 0.3) is 0 Å². The molecule has 0 aliphatic heterocycles. The first kappa shape index (κ1) is 17.8. The second-order valence-electron chi connectivity index (χ2n) is 4.42. The van der Waals surface area contributed by atoms with Crippen LogP contribution in [0.3, 0.4) is 0 Å². The van der Waals surface area contributed by atoms with Crippen LogP contribution in [0, 0.1) is 0 Å². The Kier molecular flexibility index (Phi) is 7.29. The Morgan fingerprint density at radius 3 is 2.65 bits per heavy atom. The van der Waals surface area contributed by atoms with Crippen molar-refractivity contribution in [2.24, 2.45) is 0 Å². The molecule has 0 aliphatic rings. The molecule has 0 amide bonds. The number of methoxy groups -OCH3 is 1. The van der Waals surface area contributed by atoms with Crippen molar-refractivity contribution in [1.29, 1.82) is 0 Å². The molecule has 0 aliphatic carbocycles. The molecule has 0 saturated carbocycles. The Morgan fingerprint density at radius 1 is 1.35 bits per heavy atom. The summed E-state index contributed by atoms with van der Waals surface area (Å²) in [6.07, 6.45) is 1.28. The van der Waals surface area contributed by atoms with Crippen molar-refractivity contribution < 1.29 is 13.2 Å². The van der Waals surface area contributed by atoms with E-state index in [1.165, 1.54) is 4.31 Å².